The smallest absolute Gasteiger partial charge is 0.295 e. The Labute approximate surface area is 114 Å². The number of carbonyl (C=O) groups is 1. The fourth-order valence-corrected chi connectivity index (χ4v) is 2.31. The van der Waals surface area contributed by atoms with Crippen molar-refractivity contribution >= 4 is 17.3 Å². The van der Waals surface area contributed by atoms with Gasteiger partial charge in [0.2, 0.25) is 5.91 Å². The number of piperazine rings is 1. The van der Waals surface area contributed by atoms with Gasteiger partial charge in [0, 0.05) is 32.2 Å². The lowest BCUT2D eigenvalue weighted by Crippen LogP contribution is -2.49. The van der Waals surface area contributed by atoms with Gasteiger partial charge in [-0.25, -0.2) is 4.39 Å². The quantitative estimate of drug-likeness (QED) is 0.635. The third-order valence-corrected chi connectivity index (χ3v) is 3.23. The first-order chi connectivity index (χ1) is 9.49. The maximum absolute atomic E-state index is 13.9. The number of carbonyl (C=O) groups excluding carboxylic acids is 1. The van der Waals surface area contributed by atoms with E-state index in [1.807, 2.05) is 4.90 Å². The summed E-state index contributed by atoms with van der Waals surface area (Å²) in [6.45, 7) is 1.99. The summed E-state index contributed by atoms with van der Waals surface area (Å²) in [5.74, 6) is -1.03. The maximum Gasteiger partial charge on any atom is 0.295 e. The second-order valence-corrected chi connectivity index (χ2v) is 4.59. The van der Waals surface area contributed by atoms with Gasteiger partial charge in [-0.3, -0.25) is 19.8 Å². The van der Waals surface area contributed by atoms with Crippen LogP contribution in [0.1, 0.15) is 0 Å². The summed E-state index contributed by atoms with van der Waals surface area (Å²) < 4.78 is 13.9. The molecule has 7 nitrogen and oxygen atoms in total. The van der Waals surface area contributed by atoms with E-state index in [0.29, 0.717) is 26.2 Å². The van der Waals surface area contributed by atoms with Crippen LogP contribution in [0, 0.1) is 15.9 Å². The molecular formula is C12H15FN4O3. The molecule has 0 aliphatic carbocycles. The largest absolute Gasteiger partial charge is 0.369 e. The summed E-state index contributed by atoms with van der Waals surface area (Å²) in [6.07, 6.45) is 0. The van der Waals surface area contributed by atoms with E-state index in [9.17, 15) is 19.3 Å². The number of nitro groups is 1. The van der Waals surface area contributed by atoms with Gasteiger partial charge in [-0.2, -0.15) is 0 Å². The lowest BCUT2D eigenvalue weighted by Gasteiger charge is -2.35. The Hall–Kier alpha value is -2.22. The Morgan fingerprint density at radius 2 is 2.00 bits per heavy atom. The highest BCUT2D eigenvalue weighted by atomic mass is 19.1. The summed E-state index contributed by atoms with van der Waals surface area (Å²) in [5, 5.41) is 11.0. The van der Waals surface area contributed by atoms with Gasteiger partial charge in [0.05, 0.1) is 11.5 Å². The number of primary amides is 1. The molecule has 20 heavy (non-hydrogen) atoms. The van der Waals surface area contributed by atoms with E-state index in [1.165, 1.54) is 18.2 Å². The van der Waals surface area contributed by atoms with Gasteiger partial charge in [0.15, 0.2) is 11.5 Å². The van der Waals surface area contributed by atoms with E-state index in [0.717, 1.165) is 0 Å². The monoisotopic (exact) mass is 282 g/mol. The van der Waals surface area contributed by atoms with Crippen molar-refractivity contribution in [3.05, 3.63) is 34.1 Å². The van der Waals surface area contributed by atoms with Gasteiger partial charge in [0.1, 0.15) is 0 Å². The van der Waals surface area contributed by atoms with Crippen molar-refractivity contribution in [3.8, 4) is 0 Å². The maximum atomic E-state index is 13.9. The first-order valence-corrected chi connectivity index (χ1v) is 6.17. The summed E-state index contributed by atoms with van der Waals surface area (Å²) in [7, 11) is 0. The first kappa shape index (κ1) is 14.2. The normalized spacial score (nSPS) is 16.1. The number of nitrogens with two attached hydrogens (primary N) is 1. The molecule has 1 aromatic carbocycles. The molecule has 1 amide bonds. The zero-order valence-corrected chi connectivity index (χ0v) is 10.8. The zero-order valence-electron chi connectivity index (χ0n) is 10.8. The van der Waals surface area contributed by atoms with Crippen LogP contribution in [-0.4, -0.2) is 48.5 Å². The van der Waals surface area contributed by atoms with Crippen LogP contribution in [0.4, 0.5) is 15.8 Å². The second-order valence-electron chi connectivity index (χ2n) is 4.59. The highest BCUT2D eigenvalue weighted by Gasteiger charge is 2.26. The molecule has 1 aliphatic rings. The minimum atomic E-state index is -0.609. The standard InChI is InChI=1S/C12H15FN4O3/c13-9-2-1-3-10(17(19)20)12(9)16-6-4-15(5-7-16)8-11(14)18/h1-3H,4-8H2,(H2,14,18). The fourth-order valence-electron chi connectivity index (χ4n) is 2.31. The number of hydrogen-bond acceptors (Lipinski definition) is 5. The average Bonchev–Trinajstić information content (AvgIpc) is 2.39. The highest BCUT2D eigenvalue weighted by molar-refractivity contribution is 5.76. The Kier molecular flexibility index (Phi) is 4.14. The molecular weight excluding hydrogens is 267 g/mol. The highest BCUT2D eigenvalue weighted by Crippen LogP contribution is 2.31. The van der Waals surface area contributed by atoms with Crippen LogP contribution >= 0.6 is 0 Å². The lowest BCUT2D eigenvalue weighted by molar-refractivity contribution is -0.384. The van der Waals surface area contributed by atoms with Gasteiger partial charge >= 0.3 is 0 Å². The van der Waals surface area contributed by atoms with Crippen LogP contribution in [0.5, 0.6) is 0 Å². The zero-order chi connectivity index (χ0) is 14.7. The van der Waals surface area contributed by atoms with Crippen LogP contribution in [0.3, 0.4) is 0 Å². The van der Waals surface area contributed by atoms with Crippen LogP contribution in [-0.2, 0) is 4.79 Å². The van der Waals surface area contributed by atoms with Gasteiger partial charge in [-0.05, 0) is 6.07 Å². The van der Waals surface area contributed by atoms with Crippen molar-refractivity contribution in [2.45, 2.75) is 0 Å². The van der Waals surface area contributed by atoms with Gasteiger partial charge < -0.3 is 10.6 Å². The number of anilines is 1. The predicted molar refractivity (Wildman–Crippen MR) is 70.9 cm³/mol. The molecule has 0 bridgehead atoms. The number of halogens is 1. The van der Waals surface area contributed by atoms with Crippen LogP contribution in [0.2, 0.25) is 0 Å². The van der Waals surface area contributed by atoms with E-state index in [2.05, 4.69) is 0 Å². The van der Waals surface area contributed by atoms with Crippen molar-refractivity contribution in [1.29, 1.82) is 0 Å². The molecule has 1 saturated heterocycles. The number of rotatable bonds is 4. The van der Waals surface area contributed by atoms with Crippen molar-refractivity contribution in [2.24, 2.45) is 5.73 Å². The molecule has 0 atom stereocenters. The number of hydrogen-bond donors (Lipinski definition) is 1. The summed E-state index contributed by atoms with van der Waals surface area (Å²) in [6, 6.07) is 3.81. The number of benzene rings is 1. The lowest BCUT2D eigenvalue weighted by atomic mass is 10.2. The molecule has 1 aliphatic heterocycles. The molecule has 1 aromatic rings. The van der Waals surface area contributed by atoms with E-state index < -0.39 is 16.6 Å². The molecule has 2 rings (SSSR count). The molecule has 0 spiro atoms. The van der Waals surface area contributed by atoms with Crippen molar-refractivity contribution in [3.63, 3.8) is 0 Å². The molecule has 1 fully saturated rings. The minimum absolute atomic E-state index is 0.0104. The molecule has 0 saturated carbocycles. The molecule has 108 valence electrons. The number of amides is 1. The number of para-hydroxylation sites is 1. The number of nitro benzene ring substituents is 1. The Morgan fingerprint density at radius 1 is 1.35 bits per heavy atom. The molecule has 2 N–H and O–H groups in total. The van der Waals surface area contributed by atoms with Crippen LogP contribution in [0.25, 0.3) is 0 Å². The molecule has 8 heteroatoms. The van der Waals surface area contributed by atoms with Crippen molar-refractivity contribution < 1.29 is 14.1 Å². The van der Waals surface area contributed by atoms with E-state index in [-0.39, 0.29) is 17.9 Å². The third-order valence-electron chi connectivity index (χ3n) is 3.23. The van der Waals surface area contributed by atoms with E-state index >= 15 is 0 Å². The summed E-state index contributed by atoms with van der Waals surface area (Å²) in [4.78, 5) is 24.7. The summed E-state index contributed by atoms with van der Waals surface area (Å²) in [5.41, 5.74) is 4.88. The van der Waals surface area contributed by atoms with E-state index in [4.69, 9.17) is 5.73 Å². The number of nitrogens with zero attached hydrogens (tertiary/aromatic N) is 3. The Bertz CT molecular complexity index is 529. The minimum Gasteiger partial charge on any atom is -0.369 e. The molecule has 0 radical (unpaired) electrons. The predicted octanol–water partition coefficient (Wildman–Crippen LogP) is 0.341. The van der Waals surface area contributed by atoms with Crippen LogP contribution < -0.4 is 10.6 Å². The second kappa shape index (κ2) is 5.83. The fraction of sp³-hybridized carbons (Fsp3) is 0.417. The first-order valence-electron chi connectivity index (χ1n) is 6.17. The van der Waals surface area contributed by atoms with E-state index in [1.54, 1.807) is 4.90 Å². The van der Waals surface area contributed by atoms with Crippen molar-refractivity contribution in [2.75, 3.05) is 37.6 Å². The van der Waals surface area contributed by atoms with Crippen LogP contribution in [0.15, 0.2) is 18.2 Å². The van der Waals surface area contributed by atoms with Gasteiger partial charge in [-0.15, -0.1) is 0 Å². The molecule has 0 aromatic heterocycles. The summed E-state index contributed by atoms with van der Waals surface area (Å²) >= 11 is 0. The average molecular weight is 282 g/mol. The Balaban J connectivity index is 2.14. The Morgan fingerprint density at radius 3 is 2.55 bits per heavy atom. The third kappa shape index (κ3) is 3.02. The van der Waals surface area contributed by atoms with Gasteiger partial charge in [0.25, 0.3) is 5.69 Å². The molecule has 1 heterocycles. The molecule has 0 unspecified atom stereocenters. The SMILES string of the molecule is NC(=O)CN1CCN(c2c(F)cccc2[N+](=O)[O-])CC1. The topological polar surface area (TPSA) is 92.7 Å². The van der Waals surface area contributed by atoms with Crippen molar-refractivity contribution in [1.82, 2.24) is 4.90 Å². The van der Waals surface area contributed by atoms with Gasteiger partial charge in [-0.1, -0.05) is 6.07 Å².